The fourth-order valence-corrected chi connectivity index (χ4v) is 0.941. The minimum absolute atomic E-state index is 0.344. The van der Waals surface area contributed by atoms with Crippen molar-refractivity contribution < 1.29 is 5.11 Å². The van der Waals surface area contributed by atoms with Crippen LogP contribution in [0.3, 0.4) is 0 Å². The minimum Gasteiger partial charge on any atom is -0.391 e. The smallest absolute Gasteiger partial charge is 0.149 e. The molecule has 0 saturated heterocycles. The number of rotatable bonds is 4. The molecule has 0 spiro atoms. The summed E-state index contributed by atoms with van der Waals surface area (Å²) in [5, 5.41) is 12.5. The first-order valence-electron chi connectivity index (χ1n) is 4.12. The first kappa shape index (κ1) is 10.2. The zero-order valence-corrected chi connectivity index (χ0v) is 8.12. The Morgan fingerprint density at radius 2 is 2.38 bits per heavy atom. The number of aliphatic hydroxyl groups excluding tert-OH is 1. The van der Waals surface area contributed by atoms with E-state index in [4.69, 9.17) is 11.6 Å². The fraction of sp³-hybridized carbons (Fsp3) is 0.500. The second-order valence-corrected chi connectivity index (χ2v) is 3.06. The molecule has 0 aromatic carbocycles. The van der Waals surface area contributed by atoms with Crippen molar-refractivity contribution in [3.63, 3.8) is 0 Å². The molecule has 0 aliphatic heterocycles. The van der Waals surface area contributed by atoms with Crippen LogP contribution in [-0.2, 0) is 0 Å². The maximum absolute atomic E-state index is 9.24. The summed E-state index contributed by atoms with van der Waals surface area (Å²) in [7, 11) is 0. The molecule has 1 aromatic rings. The van der Waals surface area contributed by atoms with E-state index in [0.717, 1.165) is 0 Å². The average Bonchev–Trinajstić information content (AvgIpc) is 2.14. The Labute approximate surface area is 82.0 Å². The van der Waals surface area contributed by atoms with Gasteiger partial charge in [0, 0.05) is 6.54 Å². The topological polar surface area (TPSA) is 58.0 Å². The van der Waals surface area contributed by atoms with Crippen molar-refractivity contribution in [3.8, 4) is 0 Å². The zero-order chi connectivity index (χ0) is 9.68. The van der Waals surface area contributed by atoms with Gasteiger partial charge in [-0.3, -0.25) is 4.98 Å². The highest BCUT2D eigenvalue weighted by molar-refractivity contribution is 6.29. The molecular formula is C8H12ClN3O. The quantitative estimate of drug-likeness (QED) is 0.772. The third kappa shape index (κ3) is 3.57. The van der Waals surface area contributed by atoms with E-state index in [1.807, 2.05) is 6.92 Å². The molecule has 0 aliphatic rings. The molecule has 2 N–H and O–H groups in total. The molecule has 0 radical (unpaired) electrons. The number of aliphatic hydroxyl groups is 1. The van der Waals surface area contributed by atoms with E-state index in [0.29, 0.717) is 23.9 Å². The van der Waals surface area contributed by atoms with Crippen LogP contribution < -0.4 is 5.32 Å². The van der Waals surface area contributed by atoms with E-state index in [9.17, 15) is 5.11 Å². The second kappa shape index (κ2) is 4.99. The molecule has 4 nitrogen and oxygen atoms in total. The molecule has 1 unspecified atom stereocenters. The van der Waals surface area contributed by atoms with E-state index in [-0.39, 0.29) is 6.10 Å². The zero-order valence-electron chi connectivity index (χ0n) is 7.37. The van der Waals surface area contributed by atoms with Gasteiger partial charge < -0.3 is 10.4 Å². The lowest BCUT2D eigenvalue weighted by Crippen LogP contribution is -2.18. The van der Waals surface area contributed by atoms with Gasteiger partial charge in [-0.2, -0.15) is 0 Å². The van der Waals surface area contributed by atoms with E-state index >= 15 is 0 Å². The van der Waals surface area contributed by atoms with E-state index < -0.39 is 0 Å². The Balaban J connectivity index is 2.45. The molecule has 0 saturated carbocycles. The van der Waals surface area contributed by atoms with Crippen LogP contribution in [0.2, 0.25) is 5.15 Å². The Bertz CT molecular complexity index is 269. The van der Waals surface area contributed by atoms with Crippen LogP contribution in [0.4, 0.5) is 5.82 Å². The lowest BCUT2D eigenvalue weighted by Gasteiger charge is -2.09. The third-order valence-electron chi connectivity index (χ3n) is 1.60. The molecule has 0 bridgehead atoms. The van der Waals surface area contributed by atoms with E-state index in [1.54, 1.807) is 6.20 Å². The first-order chi connectivity index (χ1) is 6.22. The molecule has 1 atom stereocenters. The predicted molar refractivity (Wildman–Crippen MR) is 51.8 cm³/mol. The summed E-state index contributed by atoms with van der Waals surface area (Å²) >= 11 is 5.62. The Morgan fingerprint density at radius 1 is 1.62 bits per heavy atom. The lowest BCUT2D eigenvalue weighted by molar-refractivity contribution is 0.183. The number of halogens is 1. The molecule has 13 heavy (non-hydrogen) atoms. The third-order valence-corrected chi connectivity index (χ3v) is 1.78. The van der Waals surface area contributed by atoms with Crippen molar-refractivity contribution in [1.29, 1.82) is 0 Å². The van der Waals surface area contributed by atoms with E-state index in [1.165, 1.54) is 6.20 Å². The summed E-state index contributed by atoms with van der Waals surface area (Å²) in [5.41, 5.74) is 0. The highest BCUT2D eigenvalue weighted by atomic mass is 35.5. The summed E-state index contributed by atoms with van der Waals surface area (Å²) in [6, 6.07) is 0. The molecule has 0 fully saturated rings. The number of nitrogens with one attached hydrogen (secondary N) is 1. The van der Waals surface area contributed by atoms with Gasteiger partial charge in [0.2, 0.25) is 0 Å². The van der Waals surface area contributed by atoms with Gasteiger partial charge in [-0.25, -0.2) is 4.98 Å². The highest BCUT2D eigenvalue weighted by Gasteiger charge is 2.01. The van der Waals surface area contributed by atoms with Gasteiger partial charge in [0.25, 0.3) is 0 Å². The van der Waals surface area contributed by atoms with Crippen molar-refractivity contribution in [3.05, 3.63) is 17.5 Å². The van der Waals surface area contributed by atoms with Crippen LogP contribution in [-0.4, -0.2) is 27.7 Å². The van der Waals surface area contributed by atoms with Crippen LogP contribution in [0.25, 0.3) is 0 Å². The molecule has 0 amide bonds. The van der Waals surface area contributed by atoms with Gasteiger partial charge in [-0.15, -0.1) is 0 Å². The van der Waals surface area contributed by atoms with Gasteiger partial charge in [0.15, 0.2) is 0 Å². The van der Waals surface area contributed by atoms with Gasteiger partial charge in [0.1, 0.15) is 11.0 Å². The number of hydrogen-bond donors (Lipinski definition) is 2. The number of hydrogen-bond acceptors (Lipinski definition) is 4. The van der Waals surface area contributed by atoms with Gasteiger partial charge in [-0.1, -0.05) is 18.5 Å². The second-order valence-electron chi connectivity index (χ2n) is 2.67. The highest BCUT2D eigenvalue weighted by Crippen LogP contribution is 2.06. The fourth-order valence-electron chi connectivity index (χ4n) is 0.794. The largest absolute Gasteiger partial charge is 0.391 e. The Morgan fingerprint density at radius 3 is 3.00 bits per heavy atom. The predicted octanol–water partition coefficient (Wildman–Crippen LogP) is 1.31. The summed E-state index contributed by atoms with van der Waals surface area (Å²) < 4.78 is 0. The van der Waals surface area contributed by atoms with Gasteiger partial charge in [0.05, 0.1) is 18.5 Å². The Kier molecular flexibility index (Phi) is 3.92. The average molecular weight is 202 g/mol. The van der Waals surface area contributed by atoms with Crippen molar-refractivity contribution in [2.75, 3.05) is 11.9 Å². The molecule has 1 rings (SSSR count). The van der Waals surface area contributed by atoms with Crippen molar-refractivity contribution in [2.45, 2.75) is 19.4 Å². The summed E-state index contributed by atoms with van der Waals surface area (Å²) in [5.74, 6) is 0.583. The lowest BCUT2D eigenvalue weighted by atomic mass is 10.3. The number of aromatic nitrogens is 2. The van der Waals surface area contributed by atoms with Gasteiger partial charge >= 0.3 is 0 Å². The molecule has 1 aromatic heterocycles. The van der Waals surface area contributed by atoms with Crippen LogP contribution in [0, 0.1) is 0 Å². The summed E-state index contributed by atoms with van der Waals surface area (Å²) in [6.45, 7) is 2.38. The van der Waals surface area contributed by atoms with Crippen LogP contribution in [0.1, 0.15) is 13.3 Å². The van der Waals surface area contributed by atoms with Crippen LogP contribution in [0.5, 0.6) is 0 Å². The Hall–Kier alpha value is -0.870. The molecule has 5 heteroatoms. The van der Waals surface area contributed by atoms with Crippen LogP contribution in [0.15, 0.2) is 12.4 Å². The van der Waals surface area contributed by atoms with E-state index in [2.05, 4.69) is 15.3 Å². The van der Waals surface area contributed by atoms with Crippen molar-refractivity contribution >= 4 is 17.4 Å². The maximum Gasteiger partial charge on any atom is 0.149 e. The van der Waals surface area contributed by atoms with Crippen molar-refractivity contribution in [2.24, 2.45) is 0 Å². The molecule has 1 heterocycles. The maximum atomic E-state index is 9.24. The molecular weight excluding hydrogens is 190 g/mol. The van der Waals surface area contributed by atoms with Crippen molar-refractivity contribution in [1.82, 2.24) is 9.97 Å². The summed E-state index contributed by atoms with van der Waals surface area (Å²) in [6.07, 6.45) is 3.37. The first-order valence-corrected chi connectivity index (χ1v) is 4.49. The van der Waals surface area contributed by atoms with Crippen LogP contribution >= 0.6 is 11.6 Å². The molecule has 0 aliphatic carbocycles. The SMILES string of the molecule is CCC(O)CNc1cncc(Cl)n1. The van der Waals surface area contributed by atoms with Gasteiger partial charge in [-0.05, 0) is 6.42 Å². The number of anilines is 1. The standard InChI is InChI=1S/C8H12ClN3O/c1-2-6(13)3-11-8-5-10-4-7(9)12-8/h4-6,13H,2-3H2,1H3,(H,11,12). The minimum atomic E-state index is -0.360. The summed E-state index contributed by atoms with van der Waals surface area (Å²) in [4.78, 5) is 7.81. The molecule has 72 valence electrons. The monoisotopic (exact) mass is 201 g/mol. The number of nitrogens with zero attached hydrogens (tertiary/aromatic N) is 2. The normalized spacial score (nSPS) is 12.5.